The van der Waals surface area contributed by atoms with Crippen LogP contribution in [0.15, 0.2) is 30.5 Å². The molecule has 0 aliphatic heterocycles. The van der Waals surface area contributed by atoms with Gasteiger partial charge in [0.15, 0.2) is 5.69 Å². The smallest absolute Gasteiger partial charge is 0.356 e. The minimum atomic E-state index is -1.13. The van der Waals surface area contributed by atoms with E-state index in [0.717, 1.165) is 5.56 Å². The molecule has 0 fully saturated rings. The molecule has 0 saturated carbocycles. The van der Waals surface area contributed by atoms with Crippen molar-refractivity contribution >= 4 is 17.6 Å². The van der Waals surface area contributed by atoms with Crippen LogP contribution in [0.2, 0.25) is 0 Å². The van der Waals surface area contributed by atoms with Crippen LogP contribution in [0, 0.1) is 6.92 Å². The molecule has 2 aromatic rings. The predicted octanol–water partition coefficient (Wildman–Crippen LogP) is 1.54. The molecule has 1 aromatic heterocycles. The second-order valence-electron chi connectivity index (χ2n) is 4.46. The molecule has 0 unspecified atom stereocenters. The van der Waals surface area contributed by atoms with E-state index < -0.39 is 5.97 Å². The topological polar surface area (TPSA) is 93.5 Å². The fourth-order valence-corrected chi connectivity index (χ4v) is 1.82. The number of aryl methyl sites for hydroxylation is 1. The summed E-state index contributed by atoms with van der Waals surface area (Å²) in [7, 11) is 1.52. The average Bonchev–Trinajstić information content (AvgIpc) is 2.87. The molecule has 1 heterocycles. The summed E-state index contributed by atoms with van der Waals surface area (Å²) >= 11 is 0. The third-order valence-corrected chi connectivity index (χ3v) is 2.79. The van der Waals surface area contributed by atoms with Crippen LogP contribution >= 0.6 is 0 Å². The Bertz CT molecular complexity index is 679. The van der Waals surface area contributed by atoms with Crippen LogP contribution in [-0.2, 0) is 11.3 Å². The summed E-state index contributed by atoms with van der Waals surface area (Å²) in [5.41, 5.74) is 1.45. The Morgan fingerprint density at radius 2 is 2.14 bits per heavy atom. The first-order valence-corrected chi connectivity index (χ1v) is 6.21. The van der Waals surface area contributed by atoms with Crippen molar-refractivity contribution in [3.8, 4) is 5.75 Å². The monoisotopic (exact) mass is 289 g/mol. The lowest BCUT2D eigenvalue weighted by atomic mass is 10.2. The van der Waals surface area contributed by atoms with Crippen molar-refractivity contribution < 1.29 is 19.4 Å². The first-order chi connectivity index (χ1) is 9.99. The average molecular weight is 289 g/mol. The van der Waals surface area contributed by atoms with Gasteiger partial charge in [0.25, 0.3) is 0 Å². The van der Waals surface area contributed by atoms with Crippen LogP contribution in [0.1, 0.15) is 16.1 Å². The van der Waals surface area contributed by atoms with E-state index in [1.807, 2.05) is 13.0 Å². The molecule has 0 atom stereocenters. The number of benzene rings is 1. The van der Waals surface area contributed by atoms with Gasteiger partial charge in [-0.2, -0.15) is 5.10 Å². The zero-order valence-corrected chi connectivity index (χ0v) is 11.7. The molecule has 7 heteroatoms. The van der Waals surface area contributed by atoms with Gasteiger partial charge in [0.2, 0.25) is 5.91 Å². The minimum absolute atomic E-state index is 0.0790. The van der Waals surface area contributed by atoms with Crippen LogP contribution in [0.25, 0.3) is 0 Å². The summed E-state index contributed by atoms with van der Waals surface area (Å²) in [6, 6.07) is 6.77. The minimum Gasteiger partial charge on any atom is -0.495 e. The van der Waals surface area contributed by atoms with Crippen molar-refractivity contribution in [3.05, 3.63) is 41.7 Å². The van der Waals surface area contributed by atoms with E-state index in [2.05, 4.69) is 10.4 Å². The molecule has 110 valence electrons. The van der Waals surface area contributed by atoms with Gasteiger partial charge in [-0.3, -0.25) is 9.48 Å². The van der Waals surface area contributed by atoms with Gasteiger partial charge < -0.3 is 15.2 Å². The maximum atomic E-state index is 12.0. The van der Waals surface area contributed by atoms with E-state index in [1.165, 1.54) is 24.1 Å². The maximum absolute atomic E-state index is 12.0. The fraction of sp³-hybridized carbons (Fsp3) is 0.214. The van der Waals surface area contributed by atoms with Crippen molar-refractivity contribution in [2.75, 3.05) is 12.4 Å². The van der Waals surface area contributed by atoms with Gasteiger partial charge in [-0.1, -0.05) is 6.07 Å². The highest BCUT2D eigenvalue weighted by molar-refractivity contribution is 5.92. The van der Waals surface area contributed by atoms with Crippen LogP contribution in [0.3, 0.4) is 0 Å². The van der Waals surface area contributed by atoms with E-state index in [-0.39, 0.29) is 18.1 Å². The number of rotatable bonds is 5. The third-order valence-electron chi connectivity index (χ3n) is 2.79. The summed E-state index contributed by atoms with van der Waals surface area (Å²) in [4.78, 5) is 22.7. The summed E-state index contributed by atoms with van der Waals surface area (Å²) in [5, 5.41) is 15.3. The lowest BCUT2D eigenvalue weighted by Crippen LogP contribution is -2.19. The van der Waals surface area contributed by atoms with Crippen molar-refractivity contribution in [1.82, 2.24) is 9.78 Å². The number of amides is 1. The lowest BCUT2D eigenvalue weighted by molar-refractivity contribution is -0.116. The second-order valence-corrected chi connectivity index (χ2v) is 4.46. The molecule has 0 aliphatic rings. The van der Waals surface area contributed by atoms with Crippen molar-refractivity contribution in [3.63, 3.8) is 0 Å². The van der Waals surface area contributed by atoms with Gasteiger partial charge in [-0.05, 0) is 30.7 Å². The number of carbonyl (C=O) groups is 2. The first-order valence-electron chi connectivity index (χ1n) is 6.21. The standard InChI is InChI=1S/C14H15N3O4/c1-9-3-4-12(21-2)11(7-9)15-13(18)8-17-6-5-10(16-17)14(19)20/h3-7H,8H2,1-2H3,(H,15,18)(H,19,20). The molecule has 2 N–H and O–H groups in total. The van der Waals surface area contributed by atoms with Crippen LogP contribution in [-0.4, -0.2) is 33.9 Å². The Kier molecular flexibility index (Phi) is 4.22. The SMILES string of the molecule is COc1ccc(C)cc1NC(=O)Cn1ccc(C(=O)O)n1. The maximum Gasteiger partial charge on any atom is 0.356 e. The summed E-state index contributed by atoms with van der Waals surface area (Å²) in [6.45, 7) is 1.83. The van der Waals surface area contributed by atoms with E-state index in [1.54, 1.807) is 12.1 Å². The number of hydrogen-bond donors (Lipinski definition) is 2. The van der Waals surface area contributed by atoms with E-state index >= 15 is 0 Å². The Morgan fingerprint density at radius 1 is 1.38 bits per heavy atom. The molecule has 1 aromatic carbocycles. The Hall–Kier alpha value is -2.83. The van der Waals surface area contributed by atoms with Gasteiger partial charge in [-0.25, -0.2) is 4.79 Å². The number of nitrogens with zero attached hydrogens (tertiary/aromatic N) is 2. The Balaban J connectivity index is 2.07. The van der Waals surface area contributed by atoms with Crippen molar-refractivity contribution in [1.29, 1.82) is 0 Å². The van der Waals surface area contributed by atoms with Crippen molar-refractivity contribution in [2.45, 2.75) is 13.5 Å². The lowest BCUT2D eigenvalue weighted by Gasteiger charge is -2.11. The third kappa shape index (κ3) is 3.59. The molecule has 0 radical (unpaired) electrons. The Labute approximate surface area is 121 Å². The summed E-state index contributed by atoms with van der Waals surface area (Å²) < 4.78 is 6.44. The number of methoxy groups -OCH3 is 1. The van der Waals surface area contributed by atoms with Gasteiger partial charge in [0.1, 0.15) is 12.3 Å². The molecule has 2 rings (SSSR count). The predicted molar refractivity (Wildman–Crippen MR) is 75.5 cm³/mol. The van der Waals surface area contributed by atoms with E-state index in [0.29, 0.717) is 11.4 Å². The highest BCUT2D eigenvalue weighted by Crippen LogP contribution is 2.25. The number of nitrogens with one attached hydrogen (secondary N) is 1. The first kappa shape index (κ1) is 14.6. The van der Waals surface area contributed by atoms with Crippen LogP contribution in [0.5, 0.6) is 5.75 Å². The zero-order chi connectivity index (χ0) is 15.4. The quantitative estimate of drug-likeness (QED) is 0.870. The van der Waals surface area contributed by atoms with E-state index in [4.69, 9.17) is 9.84 Å². The van der Waals surface area contributed by atoms with E-state index in [9.17, 15) is 9.59 Å². The molecule has 0 bridgehead atoms. The number of carboxylic acids is 1. The molecule has 1 amide bonds. The molecule has 0 spiro atoms. The fourth-order valence-electron chi connectivity index (χ4n) is 1.82. The number of carboxylic acid groups (broad SMARTS) is 1. The molecule has 0 saturated heterocycles. The molecule has 0 aliphatic carbocycles. The molecule has 7 nitrogen and oxygen atoms in total. The largest absolute Gasteiger partial charge is 0.495 e. The van der Waals surface area contributed by atoms with Gasteiger partial charge in [0.05, 0.1) is 12.8 Å². The highest BCUT2D eigenvalue weighted by atomic mass is 16.5. The number of aromatic carboxylic acids is 1. The second kappa shape index (κ2) is 6.08. The Morgan fingerprint density at radius 3 is 2.76 bits per heavy atom. The number of carbonyl (C=O) groups excluding carboxylic acids is 1. The molecular formula is C14H15N3O4. The van der Waals surface area contributed by atoms with Gasteiger partial charge in [0, 0.05) is 6.20 Å². The van der Waals surface area contributed by atoms with Gasteiger partial charge >= 0.3 is 5.97 Å². The number of anilines is 1. The van der Waals surface area contributed by atoms with Crippen LogP contribution in [0.4, 0.5) is 5.69 Å². The number of ether oxygens (including phenoxy) is 1. The normalized spacial score (nSPS) is 10.2. The molecular weight excluding hydrogens is 274 g/mol. The van der Waals surface area contributed by atoms with Crippen LogP contribution < -0.4 is 10.1 Å². The summed E-state index contributed by atoms with van der Waals surface area (Å²) in [5.74, 6) is -0.894. The summed E-state index contributed by atoms with van der Waals surface area (Å²) in [6.07, 6.45) is 1.44. The number of hydrogen-bond acceptors (Lipinski definition) is 4. The molecule has 21 heavy (non-hydrogen) atoms. The highest BCUT2D eigenvalue weighted by Gasteiger charge is 2.11. The van der Waals surface area contributed by atoms with Crippen molar-refractivity contribution in [2.24, 2.45) is 0 Å². The zero-order valence-electron chi connectivity index (χ0n) is 11.7. The number of aromatic nitrogens is 2. The van der Waals surface area contributed by atoms with Gasteiger partial charge in [-0.15, -0.1) is 0 Å².